The fraction of sp³-hybridized carbons (Fsp3) is 0.407. The van der Waals surface area contributed by atoms with Crippen molar-refractivity contribution in [1.82, 2.24) is 20.0 Å². The molecule has 6 nitrogen and oxygen atoms in total. The molecule has 1 heterocycles. The van der Waals surface area contributed by atoms with Gasteiger partial charge in [-0.2, -0.15) is 5.10 Å². The number of benzene rings is 2. The average Bonchev–Trinajstić information content (AvgIpc) is 3.53. The number of urea groups is 1. The van der Waals surface area contributed by atoms with Gasteiger partial charge in [0.1, 0.15) is 11.6 Å². The minimum atomic E-state index is -0.377. The van der Waals surface area contributed by atoms with Crippen molar-refractivity contribution in [2.24, 2.45) is 0 Å². The molecule has 4 rings (SSSR count). The number of hydrogen-bond donors (Lipinski definition) is 1. The quantitative estimate of drug-likeness (QED) is 0.440. The zero-order valence-electron chi connectivity index (χ0n) is 20.5. The Morgan fingerprint density at radius 1 is 1.18 bits per heavy atom. The second kappa shape index (κ2) is 9.49. The number of ether oxygens (including phenoxy) is 1. The highest BCUT2D eigenvalue weighted by Crippen LogP contribution is 2.37. The van der Waals surface area contributed by atoms with Crippen LogP contribution in [0.25, 0.3) is 5.69 Å². The number of rotatable bonds is 7. The fourth-order valence-electron chi connectivity index (χ4n) is 3.87. The van der Waals surface area contributed by atoms with Gasteiger partial charge in [0, 0.05) is 17.6 Å². The first-order valence-corrected chi connectivity index (χ1v) is 11.8. The van der Waals surface area contributed by atoms with Crippen LogP contribution in [0.15, 0.2) is 54.6 Å². The Bertz CT molecular complexity index is 1150. The number of nitrogens with zero attached hydrogens (tertiary/aromatic N) is 3. The van der Waals surface area contributed by atoms with E-state index in [1.165, 1.54) is 12.1 Å². The van der Waals surface area contributed by atoms with Gasteiger partial charge in [-0.05, 0) is 63.8 Å². The number of amides is 2. The van der Waals surface area contributed by atoms with E-state index < -0.39 is 0 Å². The topological polar surface area (TPSA) is 59.4 Å². The van der Waals surface area contributed by atoms with Crippen LogP contribution in [0.1, 0.15) is 64.6 Å². The van der Waals surface area contributed by atoms with Gasteiger partial charge in [-0.25, -0.2) is 13.9 Å². The maximum atomic E-state index is 14.0. The number of nitrogens with one attached hydrogen (secondary N) is 1. The van der Waals surface area contributed by atoms with E-state index in [1.807, 2.05) is 56.0 Å². The van der Waals surface area contributed by atoms with E-state index >= 15 is 0 Å². The van der Waals surface area contributed by atoms with Crippen molar-refractivity contribution in [3.8, 4) is 17.3 Å². The molecule has 0 radical (unpaired) electrons. The van der Waals surface area contributed by atoms with Crippen molar-refractivity contribution in [3.63, 3.8) is 0 Å². The molecule has 0 aliphatic heterocycles. The standard InChI is InChI=1S/C27H33FN4O2/c1-18(2)24-23(17-31(20-14-15-20)26(33)29-27(3,4)5)25(34-22-13-9-10-19(28)16-22)32(30-24)21-11-7-6-8-12-21/h6-13,16,18,20H,14-15,17H2,1-5H3,(H,29,33). The van der Waals surface area contributed by atoms with Gasteiger partial charge in [0.05, 0.1) is 23.5 Å². The Morgan fingerprint density at radius 3 is 2.47 bits per heavy atom. The SMILES string of the molecule is CC(C)c1nn(-c2ccccc2)c(Oc2cccc(F)c2)c1CN(C(=O)NC(C)(C)C)C1CC1. The van der Waals surface area contributed by atoms with E-state index in [4.69, 9.17) is 9.84 Å². The summed E-state index contributed by atoms with van der Waals surface area (Å²) in [6.07, 6.45) is 1.95. The third kappa shape index (κ3) is 5.58. The van der Waals surface area contributed by atoms with Gasteiger partial charge >= 0.3 is 6.03 Å². The molecule has 1 fully saturated rings. The Kier molecular flexibility index (Phi) is 6.64. The highest BCUT2D eigenvalue weighted by Gasteiger charge is 2.36. The van der Waals surface area contributed by atoms with Crippen LogP contribution in [-0.4, -0.2) is 32.3 Å². The number of carbonyl (C=O) groups is 1. The van der Waals surface area contributed by atoms with Crippen LogP contribution in [0.5, 0.6) is 11.6 Å². The van der Waals surface area contributed by atoms with Crippen LogP contribution in [0, 0.1) is 5.82 Å². The minimum absolute atomic E-state index is 0.0987. The number of aromatic nitrogens is 2. The maximum Gasteiger partial charge on any atom is 0.318 e. The van der Waals surface area contributed by atoms with E-state index in [0.29, 0.717) is 18.2 Å². The van der Waals surface area contributed by atoms with Crippen molar-refractivity contribution in [2.45, 2.75) is 71.5 Å². The van der Waals surface area contributed by atoms with Crippen LogP contribution < -0.4 is 10.1 Å². The molecule has 3 aromatic rings. The minimum Gasteiger partial charge on any atom is -0.438 e. The molecule has 1 N–H and O–H groups in total. The molecule has 0 spiro atoms. The molecule has 0 atom stereocenters. The lowest BCUT2D eigenvalue weighted by Gasteiger charge is -2.29. The smallest absolute Gasteiger partial charge is 0.318 e. The Balaban J connectivity index is 1.81. The zero-order valence-corrected chi connectivity index (χ0v) is 20.5. The van der Waals surface area contributed by atoms with Crippen LogP contribution in [0.3, 0.4) is 0 Å². The van der Waals surface area contributed by atoms with Gasteiger partial charge in [-0.1, -0.05) is 38.1 Å². The molecular formula is C27H33FN4O2. The second-order valence-electron chi connectivity index (χ2n) is 10.2. The molecule has 0 saturated heterocycles. The van der Waals surface area contributed by atoms with Crippen LogP contribution in [0.4, 0.5) is 9.18 Å². The lowest BCUT2D eigenvalue weighted by Crippen LogP contribution is -2.49. The van der Waals surface area contributed by atoms with Gasteiger partial charge in [-0.3, -0.25) is 0 Å². The van der Waals surface area contributed by atoms with Gasteiger partial charge in [0.25, 0.3) is 0 Å². The van der Waals surface area contributed by atoms with E-state index in [-0.39, 0.29) is 29.3 Å². The summed E-state index contributed by atoms with van der Waals surface area (Å²) < 4.78 is 22.0. The normalized spacial score (nSPS) is 13.7. The third-order valence-electron chi connectivity index (χ3n) is 5.58. The number of halogens is 1. The molecule has 34 heavy (non-hydrogen) atoms. The van der Waals surface area contributed by atoms with E-state index in [0.717, 1.165) is 29.8 Å². The van der Waals surface area contributed by atoms with E-state index in [1.54, 1.807) is 16.8 Å². The Hall–Kier alpha value is -3.35. The summed E-state index contributed by atoms with van der Waals surface area (Å²) in [6.45, 7) is 10.4. The molecule has 1 aromatic heterocycles. The molecular weight excluding hydrogens is 431 g/mol. The van der Waals surface area contributed by atoms with Crippen molar-refractivity contribution >= 4 is 6.03 Å². The fourth-order valence-corrected chi connectivity index (χ4v) is 3.87. The van der Waals surface area contributed by atoms with Crippen molar-refractivity contribution in [2.75, 3.05) is 0 Å². The zero-order chi connectivity index (χ0) is 24.5. The van der Waals surface area contributed by atoms with Gasteiger partial charge < -0.3 is 15.0 Å². The first kappa shape index (κ1) is 23.8. The van der Waals surface area contributed by atoms with Crippen molar-refractivity contribution in [3.05, 3.63) is 71.7 Å². The predicted octanol–water partition coefficient (Wildman–Crippen LogP) is 6.40. The maximum absolute atomic E-state index is 14.0. The molecule has 7 heteroatoms. The molecule has 180 valence electrons. The van der Waals surface area contributed by atoms with Crippen molar-refractivity contribution < 1.29 is 13.9 Å². The summed E-state index contributed by atoms with van der Waals surface area (Å²) in [6, 6.07) is 15.9. The first-order chi connectivity index (χ1) is 16.1. The highest BCUT2D eigenvalue weighted by atomic mass is 19.1. The van der Waals surface area contributed by atoms with Gasteiger partial charge in [-0.15, -0.1) is 0 Å². The largest absolute Gasteiger partial charge is 0.438 e. The molecule has 1 saturated carbocycles. The molecule has 2 amide bonds. The molecule has 1 aliphatic carbocycles. The molecule has 2 aromatic carbocycles. The van der Waals surface area contributed by atoms with Gasteiger partial charge in [0.2, 0.25) is 5.88 Å². The summed E-state index contributed by atoms with van der Waals surface area (Å²) in [5.74, 6) is 0.597. The summed E-state index contributed by atoms with van der Waals surface area (Å²) in [4.78, 5) is 15.1. The Morgan fingerprint density at radius 2 is 1.88 bits per heavy atom. The number of para-hydroxylation sites is 1. The highest BCUT2D eigenvalue weighted by molar-refractivity contribution is 5.76. The summed E-state index contributed by atoms with van der Waals surface area (Å²) >= 11 is 0. The monoisotopic (exact) mass is 464 g/mol. The lowest BCUT2D eigenvalue weighted by molar-refractivity contribution is 0.182. The van der Waals surface area contributed by atoms with E-state index in [2.05, 4.69) is 19.2 Å². The summed E-state index contributed by atoms with van der Waals surface area (Å²) in [5, 5.41) is 8.00. The third-order valence-corrected chi connectivity index (χ3v) is 5.58. The number of hydrogen-bond acceptors (Lipinski definition) is 3. The Labute approximate surface area is 200 Å². The second-order valence-corrected chi connectivity index (χ2v) is 10.2. The van der Waals surface area contributed by atoms with Gasteiger partial charge in [0.15, 0.2) is 0 Å². The average molecular weight is 465 g/mol. The molecule has 1 aliphatic rings. The summed E-state index contributed by atoms with van der Waals surface area (Å²) in [7, 11) is 0. The van der Waals surface area contributed by atoms with E-state index in [9.17, 15) is 9.18 Å². The van der Waals surface area contributed by atoms with Crippen LogP contribution in [-0.2, 0) is 6.54 Å². The summed E-state index contributed by atoms with van der Waals surface area (Å²) in [5.41, 5.74) is 2.17. The van der Waals surface area contributed by atoms with Crippen LogP contribution in [0.2, 0.25) is 0 Å². The molecule has 0 unspecified atom stereocenters. The predicted molar refractivity (Wildman–Crippen MR) is 131 cm³/mol. The number of carbonyl (C=O) groups excluding carboxylic acids is 1. The lowest BCUT2D eigenvalue weighted by atomic mass is 10.1. The first-order valence-electron chi connectivity index (χ1n) is 11.8. The van der Waals surface area contributed by atoms with Crippen molar-refractivity contribution in [1.29, 1.82) is 0 Å². The molecule has 0 bridgehead atoms. The van der Waals surface area contributed by atoms with Crippen LogP contribution >= 0.6 is 0 Å².